The molecule has 4 aromatic rings. The van der Waals surface area contributed by atoms with E-state index < -0.39 is 34.7 Å². The second-order valence-corrected chi connectivity index (χ2v) is 15.2. The molecule has 298 valence electrons. The van der Waals surface area contributed by atoms with Gasteiger partial charge in [-0.15, -0.1) is 0 Å². The molecule has 0 atom stereocenters. The largest absolute Gasteiger partial charge is 0.465 e. The predicted molar refractivity (Wildman–Crippen MR) is 219 cm³/mol. The van der Waals surface area contributed by atoms with E-state index in [4.69, 9.17) is 18.9 Å². The molecular weight excluding hydrogens is 733 g/mol. The molecule has 0 saturated heterocycles. The van der Waals surface area contributed by atoms with Gasteiger partial charge in [0.05, 0.1) is 13.2 Å². The van der Waals surface area contributed by atoms with Crippen LogP contribution in [0.1, 0.15) is 75.6 Å². The van der Waals surface area contributed by atoms with Crippen molar-refractivity contribution in [2.75, 3.05) is 26.4 Å². The van der Waals surface area contributed by atoms with Gasteiger partial charge in [0.2, 0.25) is 0 Å². The van der Waals surface area contributed by atoms with Crippen LogP contribution in [0.25, 0.3) is 11.1 Å². The minimum absolute atomic E-state index is 0.0257. The smallest absolute Gasteiger partial charge is 0.349 e. The van der Waals surface area contributed by atoms with Crippen molar-refractivity contribution in [3.63, 3.8) is 0 Å². The molecule has 0 bridgehead atoms. The average molecular weight is 781 g/mol. The Bertz CT molecular complexity index is 1920. The molecule has 0 unspecified atom stereocenters. The Morgan fingerprint density at radius 2 is 0.707 bits per heavy atom. The van der Waals surface area contributed by atoms with Crippen LogP contribution in [0, 0.1) is 33.5 Å². The molecule has 0 saturated carbocycles. The second-order valence-electron chi connectivity index (χ2n) is 15.2. The van der Waals surface area contributed by atoms with E-state index in [-0.39, 0.29) is 50.4 Å². The van der Waals surface area contributed by atoms with Crippen LogP contribution >= 0.6 is 0 Å². The van der Waals surface area contributed by atoms with Crippen molar-refractivity contribution >= 4 is 35.0 Å². The molecule has 0 aromatic heterocycles. The molecule has 10 nitrogen and oxygen atoms in total. The Morgan fingerprint density at radius 3 is 0.966 bits per heavy atom. The fraction of sp³-hybridized carbons (Fsp3) is 0.292. The Labute approximate surface area is 340 Å². The van der Waals surface area contributed by atoms with Crippen LogP contribution in [-0.4, -0.2) is 50.3 Å². The van der Waals surface area contributed by atoms with Crippen LogP contribution < -0.4 is 0 Å². The molecule has 4 rings (SSSR count). The van der Waals surface area contributed by atoms with Gasteiger partial charge in [0, 0.05) is 34.8 Å². The quantitative estimate of drug-likeness (QED) is 0.0297. The molecule has 0 heterocycles. The van der Waals surface area contributed by atoms with Crippen molar-refractivity contribution in [1.29, 1.82) is 10.5 Å². The van der Waals surface area contributed by atoms with Gasteiger partial charge in [0.25, 0.3) is 0 Å². The van der Waals surface area contributed by atoms with E-state index in [9.17, 15) is 29.7 Å². The Hall–Kier alpha value is -6.78. The third-order valence-corrected chi connectivity index (χ3v) is 8.83. The molecule has 58 heavy (non-hydrogen) atoms. The Kier molecular flexibility index (Phi) is 16.3. The highest BCUT2D eigenvalue weighted by atomic mass is 16.6. The number of esters is 4. The number of nitrogens with zero attached hydrogens (tertiary/aromatic N) is 2. The molecule has 0 aliphatic carbocycles. The van der Waals surface area contributed by atoms with Crippen LogP contribution in [0.15, 0.2) is 132 Å². The molecule has 0 radical (unpaired) electrons. The summed E-state index contributed by atoms with van der Waals surface area (Å²) in [6.07, 6.45) is 0.923. The monoisotopic (exact) mass is 780 g/mol. The number of unbranched alkanes of at least 4 members (excludes halogenated alkanes) is 1. The zero-order valence-corrected chi connectivity index (χ0v) is 33.4. The molecule has 0 fully saturated rings. The summed E-state index contributed by atoms with van der Waals surface area (Å²) >= 11 is 0. The molecule has 0 amide bonds. The highest BCUT2D eigenvalue weighted by molar-refractivity contribution is 6.06. The summed E-state index contributed by atoms with van der Waals surface area (Å²) in [5.74, 6) is -2.47. The van der Waals surface area contributed by atoms with Crippen LogP contribution in [0.3, 0.4) is 0 Å². The SMILES string of the molecule is CC(C)(COC(=O)CCCCC(=O)OCC(C)(C)COC(=O)C(C#N)=C(c1ccccc1)c1ccccc1)COC(=O)C(C#N)=C(c1ccccc1)c1ccccc1. The summed E-state index contributed by atoms with van der Waals surface area (Å²) in [7, 11) is 0. The first kappa shape index (κ1) is 43.9. The lowest BCUT2D eigenvalue weighted by Crippen LogP contribution is -2.29. The molecule has 0 aliphatic heterocycles. The number of hydrogen-bond donors (Lipinski definition) is 0. The number of hydrogen-bond acceptors (Lipinski definition) is 10. The van der Waals surface area contributed by atoms with Gasteiger partial charge in [-0.25, -0.2) is 9.59 Å². The topological polar surface area (TPSA) is 153 Å². The van der Waals surface area contributed by atoms with Crippen LogP contribution in [0.2, 0.25) is 0 Å². The summed E-state index contributed by atoms with van der Waals surface area (Å²) in [4.78, 5) is 51.5. The Balaban J connectivity index is 1.19. The number of nitriles is 2. The first-order valence-electron chi connectivity index (χ1n) is 19.0. The summed E-state index contributed by atoms with van der Waals surface area (Å²) in [5, 5.41) is 20.0. The van der Waals surface area contributed by atoms with Crippen LogP contribution in [0.4, 0.5) is 0 Å². The first-order valence-corrected chi connectivity index (χ1v) is 19.0. The maximum atomic E-state index is 13.2. The van der Waals surface area contributed by atoms with Crippen molar-refractivity contribution in [2.24, 2.45) is 10.8 Å². The van der Waals surface area contributed by atoms with E-state index in [2.05, 4.69) is 0 Å². The van der Waals surface area contributed by atoms with Crippen molar-refractivity contribution in [3.05, 3.63) is 155 Å². The van der Waals surface area contributed by atoms with Gasteiger partial charge in [-0.2, -0.15) is 10.5 Å². The number of carbonyl (C=O) groups is 4. The molecule has 0 aliphatic rings. The molecular formula is C48H48N2O8. The van der Waals surface area contributed by atoms with E-state index in [1.54, 1.807) is 27.7 Å². The normalized spacial score (nSPS) is 10.9. The maximum absolute atomic E-state index is 13.2. The summed E-state index contributed by atoms with van der Waals surface area (Å²) in [6, 6.07) is 40.6. The van der Waals surface area contributed by atoms with Crippen molar-refractivity contribution in [2.45, 2.75) is 53.4 Å². The van der Waals surface area contributed by atoms with Gasteiger partial charge < -0.3 is 18.9 Å². The minimum atomic E-state index is -0.776. The predicted octanol–water partition coefficient (Wildman–Crippen LogP) is 8.82. The zero-order valence-electron chi connectivity index (χ0n) is 33.4. The van der Waals surface area contributed by atoms with Gasteiger partial charge in [0.15, 0.2) is 0 Å². The van der Waals surface area contributed by atoms with Crippen molar-refractivity contribution in [3.8, 4) is 12.1 Å². The van der Waals surface area contributed by atoms with Gasteiger partial charge in [-0.05, 0) is 35.1 Å². The standard InChI is InChI=1S/C48H48N2O8/c1-47(2,33-57-45(53)39(29-49)43(35-19-9-5-10-20-35)36-21-11-6-12-22-36)31-55-41(51)27-17-18-28-42(52)56-32-48(3,4)34-58-46(54)40(30-50)44(37-23-13-7-14-24-37)38-25-15-8-16-26-38/h5-16,19-26H,17-18,27-28,31-34H2,1-4H3. The maximum Gasteiger partial charge on any atom is 0.349 e. The van der Waals surface area contributed by atoms with E-state index in [1.807, 2.05) is 133 Å². The number of ether oxygens (including phenoxy) is 4. The second kappa shape index (κ2) is 21.5. The summed E-state index contributed by atoms with van der Waals surface area (Å²) in [5.41, 5.74) is 1.99. The highest BCUT2D eigenvalue weighted by Gasteiger charge is 2.28. The van der Waals surface area contributed by atoms with E-state index in [0.717, 1.165) is 0 Å². The van der Waals surface area contributed by atoms with Crippen LogP contribution in [0.5, 0.6) is 0 Å². The van der Waals surface area contributed by atoms with Gasteiger partial charge in [0.1, 0.15) is 36.5 Å². The zero-order chi connectivity index (χ0) is 42.0. The number of rotatable bonds is 19. The fourth-order valence-electron chi connectivity index (χ4n) is 5.72. The van der Waals surface area contributed by atoms with Gasteiger partial charge in [-0.1, -0.05) is 149 Å². The third-order valence-electron chi connectivity index (χ3n) is 8.83. The van der Waals surface area contributed by atoms with Gasteiger partial charge in [-0.3, -0.25) is 9.59 Å². The summed E-state index contributed by atoms with van der Waals surface area (Å²) < 4.78 is 22.1. The fourth-order valence-corrected chi connectivity index (χ4v) is 5.72. The van der Waals surface area contributed by atoms with Gasteiger partial charge >= 0.3 is 23.9 Å². The van der Waals surface area contributed by atoms with Crippen molar-refractivity contribution in [1.82, 2.24) is 0 Å². The highest BCUT2D eigenvalue weighted by Crippen LogP contribution is 2.30. The lowest BCUT2D eigenvalue weighted by molar-refractivity contribution is -0.153. The number of carbonyl (C=O) groups excluding carboxylic acids is 4. The van der Waals surface area contributed by atoms with Crippen LogP contribution in [-0.2, 0) is 38.1 Å². The lowest BCUT2D eigenvalue weighted by atomic mass is 9.93. The Morgan fingerprint density at radius 1 is 0.448 bits per heavy atom. The molecule has 4 aromatic carbocycles. The molecule has 0 spiro atoms. The summed E-state index contributed by atoms with van der Waals surface area (Å²) in [6.45, 7) is 6.88. The first-order chi connectivity index (χ1) is 27.8. The lowest BCUT2D eigenvalue weighted by Gasteiger charge is -2.24. The third kappa shape index (κ3) is 13.5. The van der Waals surface area contributed by atoms with E-state index in [0.29, 0.717) is 46.2 Å². The average Bonchev–Trinajstić information content (AvgIpc) is 3.24. The minimum Gasteiger partial charge on any atom is -0.465 e. The van der Waals surface area contributed by atoms with E-state index >= 15 is 0 Å². The number of benzene rings is 4. The molecule has 0 N–H and O–H groups in total. The van der Waals surface area contributed by atoms with E-state index in [1.165, 1.54) is 0 Å². The molecule has 10 heteroatoms. The van der Waals surface area contributed by atoms with Crippen molar-refractivity contribution < 1.29 is 38.1 Å².